The molecule has 2 atom stereocenters. The van der Waals surface area contributed by atoms with Crippen LogP contribution in [-0.4, -0.2) is 40.5 Å². The van der Waals surface area contributed by atoms with Crippen molar-refractivity contribution in [1.82, 2.24) is 4.90 Å². The number of amides is 1. The molecule has 0 radical (unpaired) electrons. The molecular formula is C13H16N2O3. The van der Waals surface area contributed by atoms with Crippen LogP contribution in [0.4, 0.5) is 0 Å². The normalized spacial score (nSPS) is 21.1. The van der Waals surface area contributed by atoms with Gasteiger partial charge in [-0.15, -0.1) is 0 Å². The first-order valence-corrected chi connectivity index (χ1v) is 5.92. The van der Waals surface area contributed by atoms with Gasteiger partial charge in [-0.25, -0.2) is 4.79 Å². The maximum absolute atomic E-state index is 11.8. The van der Waals surface area contributed by atoms with Crippen LogP contribution in [-0.2, 0) is 16.0 Å². The van der Waals surface area contributed by atoms with Gasteiger partial charge in [0.1, 0.15) is 6.04 Å². The first-order valence-electron chi connectivity index (χ1n) is 5.92. The quantitative estimate of drug-likeness (QED) is 0.799. The number of carboxylic acids is 1. The van der Waals surface area contributed by atoms with Crippen LogP contribution < -0.4 is 5.73 Å². The van der Waals surface area contributed by atoms with E-state index in [1.807, 2.05) is 30.3 Å². The molecule has 1 aliphatic rings. The lowest BCUT2D eigenvalue weighted by molar-refractivity contribution is -0.148. The van der Waals surface area contributed by atoms with Crippen LogP contribution >= 0.6 is 0 Å². The number of benzene rings is 1. The van der Waals surface area contributed by atoms with E-state index >= 15 is 0 Å². The van der Waals surface area contributed by atoms with Crippen molar-refractivity contribution in [3.05, 3.63) is 35.9 Å². The van der Waals surface area contributed by atoms with Gasteiger partial charge in [-0.1, -0.05) is 30.3 Å². The number of likely N-dealkylation sites (tertiary alicyclic amines) is 1. The molecule has 0 unspecified atom stereocenters. The maximum atomic E-state index is 11.8. The van der Waals surface area contributed by atoms with Gasteiger partial charge in [0.25, 0.3) is 0 Å². The zero-order chi connectivity index (χ0) is 13.1. The van der Waals surface area contributed by atoms with Crippen LogP contribution in [0, 0.1) is 0 Å². The van der Waals surface area contributed by atoms with Crippen molar-refractivity contribution in [3.63, 3.8) is 0 Å². The van der Waals surface area contributed by atoms with Crippen LogP contribution in [0.15, 0.2) is 30.3 Å². The molecule has 0 aliphatic carbocycles. The van der Waals surface area contributed by atoms with Crippen LogP contribution in [0.1, 0.15) is 12.0 Å². The van der Waals surface area contributed by atoms with E-state index in [9.17, 15) is 14.7 Å². The van der Waals surface area contributed by atoms with Crippen molar-refractivity contribution in [2.45, 2.75) is 24.9 Å². The number of carbonyl (C=O) groups is 2. The second-order valence-corrected chi connectivity index (χ2v) is 4.47. The summed E-state index contributed by atoms with van der Waals surface area (Å²) >= 11 is 0. The van der Waals surface area contributed by atoms with E-state index in [0.717, 1.165) is 5.56 Å². The van der Waals surface area contributed by atoms with E-state index in [4.69, 9.17) is 5.73 Å². The smallest absolute Gasteiger partial charge is 0.326 e. The summed E-state index contributed by atoms with van der Waals surface area (Å²) in [5.41, 5.74) is 6.52. The van der Waals surface area contributed by atoms with E-state index in [-0.39, 0.29) is 5.91 Å². The Kier molecular flexibility index (Phi) is 3.62. The summed E-state index contributed by atoms with van der Waals surface area (Å²) in [6.07, 6.45) is 0.839. The minimum atomic E-state index is -0.985. The van der Waals surface area contributed by atoms with Gasteiger partial charge in [0.05, 0.1) is 6.04 Å². The number of carboxylic acid groups (broad SMARTS) is 1. The van der Waals surface area contributed by atoms with E-state index in [2.05, 4.69) is 0 Å². The van der Waals surface area contributed by atoms with Crippen molar-refractivity contribution in [2.75, 3.05) is 6.54 Å². The molecule has 1 aliphatic heterocycles. The van der Waals surface area contributed by atoms with Crippen LogP contribution in [0.3, 0.4) is 0 Å². The van der Waals surface area contributed by atoms with Crippen molar-refractivity contribution in [3.8, 4) is 0 Å². The molecule has 0 saturated carbocycles. The Morgan fingerprint density at radius 2 is 2.11 bits per heavy atom. The van der Waals surface area contributed by atoms with Crippen LogP contribution in [0.2, 0.25) is 0 Å². The molecule has 96 valence electrons. The first-order chi connectivity index (χ1) is 8.59. The molecule has 18 heavy (non-hydrogen) atoms. The monoisotopic (exact) mass is 248 g/mol. The Morgan fingerprint density at radius 1 is 1.44 bits per heavy atom. The lowest BCUT2D eigenvalue weighted by Crippen LogP contribution is -2.46. The van der Waals surface area contributed by atoms with Gasteiger partial charge < -0.3 is 15.7 Å². The summed E-state index contributed by atoms with van der Waals surface area (Å²) in [7, 11) is 0. The van der Waals surface area contributed by atoms with Crippen molar-refractivity contribution < 1.29 is 14.7 Å². The highest BCUT2D eigenvalue weighted by atomic mass is 16.4. The zero-order valence-electron chi connectivity index (χ0n) is 9.95. The van der Waals surface area contributed by atoms with Crippen molar-refractivity contribution >= 4 is 11.9 Å². The summed E-state index contributed by atoms with van der Waals surface area (Å²) in [6, 6.07) is 7.91. The Labute approximate surface area is 105 Å². The fourth-order valence-electron chi connectivity index (χ4n) is 2.20. The third kappa shape index (κ3) is 2.51. The second kappa shape index (κ2) is 5.18. The van der Waals surface area contributed by atoms with Gasteiger partial charge >= 0.3 is 5.97 Å². The van der Waals surface area contributed by atoms with Gasteiger partial charge in [0.2, 0.25) is 5.91 Å². The van der Waals surface area contributed by atoms with E-state index in [1.165, 1.54) is 4.90 Å². The Hall–Kier alpha value is -1.88. The summed E-state index contributed by atoms with van der Waals surface area (Å²) in [5, 5.41) is 9.26. The van der Waals surface area contributed by atoms with Crippen LogP contribution in [0.5, 0.6) is 0 Å². The second-order valence-electron chi connectivity index (χ2n) is 4.47. The van der Waals surface area contributed by atoms with Gasteiger partial charge in [-0.3, -0.25) is 4.79 Å². The van der Waals surface area contributed by atoms with E-state index < -0.39 is 18.1 Å². The number of rotatable bonds is 4. The minimum Gasteiger partial charge on any atom is -0.480 e. The number of carbonyl (C=O) groups excluding carboxylic acids is 1. The fourth-order valence-corrected chi connectivity index (χ4v) is 2.20. The number of hydrogen-bond donors (Lipinski definition) is 2. The van der Waals surface area contributed by atoms with Gasteiger partial charge in [0, 0.05) is 13.0 Å². The molecule has 2 rings (SSSR count). The van der Waals surface area contributed by atoms with E-state index in [1.54, 1.807) is 0 Å². The molecule has 3 N–H and O–H groups in total. The zero-order valence-corrected chi connectivity index (χ0v) is 9.95. The molecule has 1 fully saturated rings. The molecule has 1 aromatic carbocycles. The lowest BCUT2D eigenvalue weighted by Gasteiger charge is -2.24. The average molecular weight is 248 g/mol. The predicted octanol–water partition coefficient (Wildman–Crippen LogP) is 0.242. The average Bonchev–Trinajstić information content (AvgIpc) is 2.68. The number of nitrogens with zero attached hydrogens (tertiary/aromatic N) is 1. The highest BCUT2D eigenvalue weighted by molar-refractivity contribution is 5.88. The topological polar surface area (TPSA) is 83.6 Å². The number of nitrogens with two attached hydrogens (primary N) is 1. The van der Waals surface area contributed by atoms with Crippen molar-refractivity contribution in [2.24, 2.45) is 5.73 Å². The van der Waals surface area contributed by atoms with Crippen LogP contribution in [0.25, 0.3) is 0 Å². The minimum absolute atomic E-state index is 0.265. The first kappa shape index (κ1) is 12.6. The molecule has 0 spiro atoms. The SMILES string of the molecule is N[C@H]1CCN([C@@H](Cc2ccccc2)C(=O)O)C1=O. The van der Waals surface area contributed by atoms with E-state index in [0.29, 0.717) is 19.4 Å². The Bertz CT molecular complexity index is 447. The molecule has 5 nitrogen and oxygen atoms in total. The standard InChI is InChI=1S/C13H16N2O3/c14-10-6-7-15(12(10)16)11(13(17)18)8-9-4-2-1-3-5-9/h1-5,10-11H,6-8,14H2,(H,17,18)/t10-,11-/m0/s1. The predicted molar refractivity (Wildman–Crippen MR) is 65.9 cm³/mol. The molecule has 1 aromatic rings. The van der Waals surface area contributed by atoms with Gasteiger partial charge in [-0.2, -0.15) is 0 Å². The fraction of sp³-hybridized carbons (Fsp3) is 0.385. The van der Waals surface area contributed by atoms with Gasteiger partial charge in [-0.05, 0) is 12.0 Å². The lowest BCUT2D eigenvalue weighted by atomic mass is 10.1. The summed E-state index contributed by atoms with van der Waals surface area (Å²) in [5.74, 6) is -1.25. The highest BCUT2D eigenvalue weighted by Gasteiger charge is 2.37. The Balaban J connectivity index is 2.15. The Morgan fingerprint density at radius 3 is 2.61 bits per heavy atom. The molecule has 1 heterocycles. The molecule has 1 saturated heterocycles. The van der Waals surface area contributed by atoms with Gasteiger partial charge in [0.15, 0.2) is 0 Å². The molecule has 0 bridgehead atoms. The number of hydrogen-bond acceptors (Lipinski definition) is 3. The maximum Gasteiger partial charge on any atom is 0.326 e. The van der Waals surface area contributed by atoms with Crippen molar-refractivity contribution in [1.29, 1.82) is 0 Å². The summed E-state index contributed by atoms with van der Waals surface area (Å²) in [4.78, 5) is 24.5. The molecule has 5 heteroatoms. The highest BCUT2D eigenvalue weighted by Crippen LogP contribution is 2.17. The molecule has 1 amide bonds. The summed E-state index contributed by atoms with van der Waals surface area (Å²) < 4.78 is 0. The number of aliphatic carboxylic acids is 1. The largest absolute Gasteiger partial charge is 0.480 e. The third-order valence-electron chi connectivity index (χ3n) is 3.21. The third-order valence-corrected chi connectivity index (χ3v) is 3.21. The molecule has 0 aromatic heterocycles. The molecular weight excluding hydrogens is 232 g/mol. The summed E-state index contributed by atoms with van der Waals surface area (Å²) in [6.45, 7) is 0.420.